The summed E-state index contributed by atoms with van der Waals surface area (Å²) in [6, 6.07) is 7.61. The molecule has 1 saturated heterocycles. The number of anilines is 2. The highest BCUT2D eigenvalue weighted by Gasteiger charge is 2.21. The third-order valence-electron chi connectivity index (χ3n) is 5.89. The minimum absolute atomic E-state index is 0.0529. The molecule has 0 spiro atoms. The molecule has 4 N–H and O–H groups in total. The number of hydrogen-bond acceptors (Lipinski definition) is 10. The maximum absolute atomic E-state index is 6.15. The van der Waals surface area contributed by atoms with Crippen LogP contribution in [0.1, 0.15) is 48.9 Å². The van der Waals surface area contributed by atoms with Gasteiger partial charge in [0.2, 0.25) is 0 Å². The monoisotopic (exact) mass is 514 g/mol. The van der Waals surface area contributed by atoms with Gasteiger partial charge in [0.1, 0.15) is 23.3 Å². The van der Waals surface area contributed by atoms with E-state index in [4.69, 9.17) is 25.9 Å². The van der Waals surface area contributed by atoms with Crippen molar-refractivity contribution in [3.63, 3.8) is 0 Å². The predicted molar refractivity (Wildman–Crippen MR) is 144 cm³/mol. The molecule has 0 saturated carbocycles. The van der Waals surface area contributed by atoms with Crippen molar-refractivity contribution in [3.8, 4) is 22.1 Å². The second-order valence-corrected chi connectivity index (χ2v) is 11.0. The number of methoxy groups -OCH3 is 1. The Morgan fingerprint density at radius 2 is 1.83 bits per heavy atom. The first-order valence-corrected chi connectivity index (χ1v) is 13.8. The Morgan fingerprint density at radius 3 is 2.51 bits per heavy atom. The van der Waals surface area contributed by atoms with Gasteiger partial charge in [-0.15, -0.1) is 11.3 Å². The molecule has 1 aliphatic rings. The first kappa shape index (κ1) is 25.5. The number of aromatic nitrogens is 3. The van der Waals surface area contributed by atoms with Gasteiger partial charge in [-0.2, -0.15) is 0 Å². The number of thioether (sulfide) groups is 1. The van der Waals surface area contributed by atoms with Crippen LogP contribution in [0.25, 0.3) is 10.6 Å². The highest BCUT2D eigenvalue weighted by Crippen LogP contribution is 2.41. The normalized spacial score (nSPS) is 14.8. The van der Waals surface area contributed by atoms with E-state index in [0.717, 1.165) is 60.2 Å². The molecule has 2 aromatic heterocycles. The summed E-state index contributed by atoms with van der Waals surface area (Å²) in [5.74, 6) is 2.23. The van der Waals surface area contributed by atoms with Gasteiger partial charge in [0.25, 0.3) is 0 Å². The van der Waals surface area contributed by atoms with E-state index >= 15 is 0 Å². The van der Waals surface area contributed by atoms with Crippen molar-refractivity contribution >= 4 is 34.7 Å². The van der Waals surface area contributed by atoms with E-state index in [1.54, 1.807) is 24.5 Å². The number of likely N-dealkylation sites (tertiary alicyclic amines) is 1. The molecule has 3 aromatic rings. The van der Waals surface area contributed by atoms with Crippen molar-refractivity contribution < 1.29 is 9.47 Å². The molecule has 0 unspecified atom stereocenters. The zero-order valence-corrected chi connectivity index (χ0v) is 22.3. The summed E-state index contributed by atoms with van der Waals surface area (Å²) in [4.78, 5) is 17.4. The van der Waals surface area contributed by atoms with E-state index in [0.29, 0.717) is 23.4 Å². The predicted octanol–water partition coefficient (Wildman–Crippen LogP) is 5.05. The maximum atomic E-state index is 6.15. The number of hydrogen-bond donors (Lipinski definition) is 2. The molecule has 4 rings (SSSR count). The smallest absolute Gasteiger partial charge is 0.192 e. The van der Waals surface area contributed by atoms with Gasteiger partial charge in [-0.25, -0.2) is 15.0 Å². The van der Waals surface area contributed by atoms with Gasteiger partial charge in [0, 0.05) is 23.1 Å². The summed E-state index contributed by atoms with van der Waals surface area (Å²) in [6.07, 6.45) is 4.56. The fraction of sp³-hybridized carbons (Fsp3) is 0.480. The molecule has 8 nitrogen and oxygen atoms in total. The summed E-state index contributed by atoms with van der Waals surface area (Å²) in [7, 11) is 1.67. The highest BCUT2D eigenvalue weighted by atomic mass is 32.2. The molecule has 35 heavy (non-hydrogen) atoms. The first-order chi connectivity index (χ1) is 17.0. The van der Waals surface area contributed by atoms with Crippen molar-refractivity contribution in [3.05, 3.63) is 34.8 Å². The van der Waals surface area contributed by atoms with Crippen LogP contribution in [0, 0.1) is 0 Å². The molecule has 188 valence electrons. The standard InChI is InChI=1S/C25H34N6O2S2/c1-4-7-20-23(16(2)34-25-28-21(26)15-22(27)29-25)30-24(35-20)17-8-9-18(32-3)19(14-17)33-13-12-31-10-5-6-11-31/h8-9,14-16H,4-7,10-13H2,1-3H3,(H4,26,27,28,29)/t16-/m1/s1. The maximum Gasteiger partial charge on any atom is 0.192 e. The van der Waals surface area contributed by atoms with Gasteiger partial charge in [0.15, 0.2) is 16.7 Å². The lowest BCUT2D eigenvalue weighted by molar-refractivity contribution is 0.230. The van der Waals surface area contributed by atoms with Gasteiger partial charge in [-0.1, -0.05) is 25.1 Å². The van der Waals surface area contributed by atoms with Crippen LogP contribution in [0.2, 0.25) is 0 Å². The number of nitrogen functional groups attached to an aromatic ring is 2. The van der Waals surface area contributed by atoms with Crippen molar-refractivity contribution in [2.75, 3.05) is 44.8 Å². The number of ether oxygens (including phenoxy) is 2. The van der Waals surface area contributed by atoms with Gasteiger partial charge in [-0.05, 0) is 57.5 Å². The third kappa shape index (κ3) is 6.56. The lowest BCUT2D eigenvalue weighted by Gasteiger charge is -2.16. The third-order valence-corrected chi connectivity index (χ3v) is 8.04. The summed E-state index contributed by atoms with van der Waals surface area (Å²) < 4.78 is 11.7. The Bertz CT molecular complexity index is 1110. The molecule has 0 radical (unpaired) electrons. The molecular weight excluding hydrogens is 480 g/mol. The minimum atomic E-state index is 0.0529. The lowest BCUT2D eigenvalue weighted by Crippen LogP contribution is -2.25. The van der Waals surface area contributed by atoms with Crippen LogP contribution >= 0.6 is 23.1 Å². The average Bonchev–Trinajstić information content (AvgIpc) is 3.49. The molecule has 3 heterocycles. The van der Waals surface area contributed by atoms with Gasteiger partial charge >= 0.3 is 0 Å². The topological polar surface area (TPSA) is 112 Å². The first-order valence-electron chi connectivity index (χ1n) is 12.1. The minimum Gasteiger partial charge on any atom is -0.493 e. The number of nitrogens with two attached hydrogens (primary N) is 2. The number of thiazole rings is 1. The van der Waals surface area contributed by atoms with Crippen LogP contribution in [0.15, 0.2) is 29.4 Å². The number of nitrogens with zero attached hydrogens (tertiary/aromatic N) is 4. The number of benzene rings is 1. The summed E-state index contributed by atoms with van der Waals surface area (Å²) in [6.45, 7) is 8.19. The van der Waals surface area contributed by atoms with Crippen LogP contribution in [0.5, 0.6) is 11.5 Å². The lowest BCUT2D eigenvalue weighted by atomic mass is 10.2. The van der Waals surface area contributed by atoms with Crippen LogP contribution in [0.3, 0.4) is 0 Å². The Kier molecular flexibility index (Phi) is 8.69. The Morgan fingerprint density at radius 1 is 1.09 bits per heavy atom. The van der Waals surface area contributed by atoms with Gasteiger partial charge < -0.3 is 20.9 Å². The molecule has 1 atom stereocenters. The van der Waals surface area contributed by atoms with E-state index in [2.05, 4.69) is 28.7 Å². The molecule has 0 amide bonds. The van der Waals surface area contributed by atoms with Gasteiger partial charge in [-0.3, -0.25) is 4.90 Å². The second kappa shape index (κ2) is 11.9. The fourth-order valence-corrected chi connectivity index (χ4v) is 6.42. The van der Waals surface area contributed by atoms with Crippen molar-refractivity contribution in [1.82, 2.24) is 19.9 Å². The molecule has 0 aliphatic carbocycles. The van der Waals surface area contributed by atoms with Crippen LogP contribution < -0.4 is 20.9 Å². The van der Waals surface area contributed by atoms with Crippen LogP contribution in [-0.4, -0.2) is 53.2 Å². The largest absolute Gasteiger partial charge is 0.493 e. The fourth-order valence-electron chi connectivity index (χ4n) is 4.15. The van der Waals surface area contributed by atoms with E-state index in [-0.39, 0.29) is 5.25 Å². The van der Waals surface area contributed by atoms with Crippen LogP contribution in [0.4, 0.5) is 11.6 Å². The summed E-state index contributed by atoms with van der Waals surface area (Å²) in [5, 5.41) is 1.58. The van der Waals surface area contributed by atoms with E-state index in [9.17, 15) is 0 Å². The average molecular weight is 515 g/mol. The highest BCUT2D eigenvalue weighted by molar-refractivity contribution is 7.99. The van der Waals surface area contributed by atoms with Crippen LogP contribution in [-0.2, 0) is 6.42 Å². The Labute approximate surface area is 215 Å². The quantitative estimate of drug-likeness (QED) is 0.268. The zero-order valence-electron chi connectivity index (χ0n) is 20.6. The SMILES string of the molecule is CCCc1sc(-c2ccc(OC)c(OCCN3CCCC3)c2)nc1[C@@H](C)Sc1nc(N)cc(N)n1. The molecule has 1 aromatic carbocycles. The number of aryl methyl sites for hydroxylation is 1. The van der Waals surface area contributed by atoms with E-state index in [1.165, 1.54) is 29.5 Å². The van der Waals surface area contributed by atoms with E-state index < -0.39 is 0 Å². The molecular formula is C25H34N6O2S2. The Hall–Kier alpha value is -2.56. The van der Waals surface area contributed by atoms with Crippen molar-refractivity contribution in [1.29, 1.82) is 0 Å². The van der Waals surface area contributed by atoms with Crippen molar-refractivity contribution in [2.24, 2.45) is 0 Å². The molecule has 1 aliphatic heterocycles. The van der Waals surface area contributed by atoms with E-state index in [1.807, 2.05) is 18.2 Å². The van der Waals surface area contributed by atoms with Gasteiger partial charge in [0.05, 0.1) is 18.1 Å². The molecule has 0 bridgehead atoms. The number of rotatable bonds is 11. The van der Waals surface area contributed by atoms with Crippen molar-refractivity contribution in [2.45, 2.75) is 49.9 Å². The summed E-state index contributed by atoms with van der Waals surface area (Å²) in [5.41, 5.74) is 13.8. The molecule has 1 fully saturated rings. The molecule has 10 heteroatoms. The summed E-state index contributed by atoms with van der Waals surface area (Å²) >= 11 is 3.25. The second-order valence-electron chi connectivity index (χ2n) is 8.60. The Balaban J connectivity index is 1.55. The zero-order chi connectivity index (χ0) is 24.8.